The third-order valence-electron chi connectivity index (χ3n) is 21.1. The Kier molecular flexibility index (Phi) is 31.7. The van der Waals surface area contributed by atoms with E-state index in [0.29, 0.717) is 99.2 Å². The number of fused-ring (bicyclic) bond motifs is 4. The fourth-order valence-corrected chi connectivity index (χ4v) is 17.8. The van der Waals surface area contributed by atoms with Gasteiger partial charge in [-0.05, 0) is 127 Å². The molecule has 124 heavy (non-hydrogen) atoms. The van der Waals surface area contributed by atoms with Gasteiger partial charge in [0, 0.05) is 88.6 Å². The van der Waals surface area contributed by atoms with Crippen LogP contribution in [-0.4, -0.2) is 172 Å². The molecule has 680 valence electrons. The third-order valence-corrected chi connectivity index (χ3v) is 26.1. The summed E-state index contributed by atoms with van der Waals surface area (Å²) in [5, 5.41) is 6.71. The van der Waals surface area contributed by atoms with E-state index >= 15 is 0 Å². The number of sulfonamides is 2. The predicted octanol–water partition coefficient (Wildman–Crippen LogP) is 18.1. The number of piperidine rings is 4. The van der Waals surface area contributed by atoms with Gasteiger partial charge < -0.3 is 48.9 Å². The number of amides is 2. The average molecular weight is 1840 g/mol. The third kappa shape index (κ3) is 25.2. The summed E-state index contributed by atoms with van der Waals surface area (Å²) in [6, 6.07) is 41.1. The summed E-state index contributed by atoms with van der Waals surface area (Å²) in [6.07, 6.45) is -6.35. The summed E-state index contributed by atoms with van der Waals surface area (Å²) in [5.41, 5.74) is -12.5. The summed E-state index contributed by atoms with van der Waals surface area (Å²) < 4.78 is 232. The van der Waals surface area contributed by atoms with E-state index in [9.17, 15) is 98.3 Å². The van der Waals surface area contributed by atoms with Crippen molar-refractivity contribution < 1.29 is 145 Å². The molecule has 14 rings (SSSR count). The lowest BCUT2D eigenvalue weighted by Crippen LogP contribution is -2.58. The minimum absolute atomic E-state index is 0.0519. The van der Waals surface area contributed by atoms with Crippen LogP contribution in [0.3, 0.4) is 0 Å². The van der Waals surface area contributed by atoms with E-state index in [-0.39, 0.29) is 58.4 Å². The SMILES string of the molecule is CC1CN(C(=O)OC(C)(C)C)CCC12CC(=O)c1ccccc1O2.CC1CN(C(=O)OC(C)(C)C)CCC12CC(=O)c1ccccc1O2.CC1CNCCC12CC(=O)c1ccccc1O2.CC1CNCCC12CC(=O)c1ccccc1O2.O=S(=O)(N(SOOC(F)(F)F)c1ccccc1)C(F)(F)F.O=S(=O)(N(SOOC(F)(F)F)c1ccccc1)C(F)(F)F. The van der Waals surface area contributed by atoms with Crippen molar-refractivity contribution in [3.63, 3.8) is 0 Å². The predicted molar refractivity (Wildman–Crippen MR) is 431 cm³/mol. The van der Waals surface area contributed by atoms with Crippen molar-refractivity contribution in [2.75, 3.05) is 59.8 Å². The van der Waals surface area contributed by atoms with Crippen LogP contribution >= 0.6 is 24.5 Å². The zero-order valence-corrected chi connectivity index (χ0v) is 72.0. The maximum Gasteiger partial charge on any atom is 0.550 e. The molecule has 4 fully saturated rings. The van der Waals surface area contributed by atoms with Gasteiger partial charge in [-0.25, -0.2) is 9.59 Å². The molecule has 8 atom stereocenters. The van der Waals surface area contributed by atoms with E-state index in [1.165, 1.54) is 36.4 Å². The van der Waals surface area contributed by atoms with E-state index in [0.717, 1.165) is 85.9 Å². The summed E-state index contributed by atoms with van der Waals surface area (Å²) >= 11 is -1.56. The van der Waals surface area contributed by atoms with Crippen LogP contribution < -0.4 is 37.0 Å². The van der Waals surface area contributed by atoms with Crippen LogP contribution in [0.2, 0.25) is 0 Å². The number of ketones is 4. The van der Waals surface area contributed by atoms with Crippen LogP contribution in [0.25, 0.3) is 0 Å². The largest absolute Gasteiger partial charge is 0.550 e. The molecule has 0 bridgehead atoms. The Balaban J connectivity index is 0.000000169. The van der Waals surface area contributed by atoms with E-state index in [2.05, 4.69) is 42.9 Å². The van der Waals surface area contributed by atoms with Crippen LogP contribution in [0.5, 0.6) is 23.0 Å². The summed E-state index contributed by atoms with van der Waals surface area (Å²) in [6.45, 7) is 25.4. The zero-order valence-electron chi connectivity index (χ0n) is 68.8. The highest BCUT2D eigenvalue weighted by Gasteiger charge is 2.56. The van der Waals surface area contributed by atoms with Crippen LogP contribution in [-0.2, 0) is 48.0 Å². The maximum atomic E-state index is 12.5. The number of nitrogens with one attached hydrogen (secondary N) is 2. The van der Waals surface area contributed by atoms with Crippen LogP contribution in [0, 0.1) is 23.7 Å². The fraction of sp³-hybridized carbons (Fsp3) is 0.488. The number of likely N-dealkylation sites (tertiary alicyclic amines) is 2. The van der Waals surface area contributed by atoms with E-state index in [1.807, 2.05) is 152 Å². The highest BCUT2D eigenvalue weighted by atomic mass is 32.3. The molecule has 8 heterocycles. The van der Waals surface area contributed by atoms with Gasteiger partial charge in [-0.3, -0.25) is 19.2 Å². The van der Waals surface area contributed by atoms with Gasteiger partial charge in [0.05, 0.1) is 59.3 Å². The first-order chi connectivity index (χ1) is 57.7. The van der Waals surface area contributed by atoms with Crippen LogP contribution in [0.15, 0.2) is 158 Å². The Bertz CT molecular complexity index is 4650. The Morgan fingerprint density at radius 2 is 0.661 bits per heavy atom. The Morgan fingerprint density at radius 1 is 0.403 bits per heavy atom. The molecular formula is C82H94F12N6O20S4. The smallest absolute Gasteiger partial charge is 0.486 e. The maximum absolute atomic E-state index is 12.5. The number of alkyl halides is 12. The fourth-order valence-electron chi connectivity index (χ4n) is 14.6. The lowest BCUT2D eigenvalue weighted by Gasteiger charge is -2.48. The number of nitrogens with zero attached hydrogens (tertiary/aromatic N) is 4. The van der Waals surface area contributed by atoms with Gasteiger partial charge in [-0.1, -0.05) is 113 Å². The molecule has 2 N–H and O–H groups in total. The Morgan fingerprint density at radius 3 is 0.903 bits per heavy atom. The number of carbonyl (C=O) groups is 6. The van der Waals surface area contributed by atoms with Crippen molar-refractivity contribution in [3.8, 4) is 23.0 Å². The number of benzene rings is 6. The minimum atomic E-state index is -5.99. The van der Waals surface area contributed by atoms with Gasteiger partial charge in [0.15, 0.2) is 47.6 Å². The van der Waals surface area contributed by atoms with Gasteiger partial charge in [-0.2, -0.15) is 50.6 Å². The van der Waals surface area contributed by atoms with Gasteiger partial charge in [0.25, 0.3) is 0 Å². The second-order valence-electron chi connectivity index (χ2n) is 32.3. The number of rotatable bonds is 10. The highest BCUT2D eigenvalue weighted by molar-refractivity contribution is 8.12. The van der Waals surface area contributed by atoms with E-state index < -0.39 is 109 Å². The van der Waals surface area contributed by atoms with Crippen molar-refractivity contribution in [1.29, 1.82) is 0 Å². The first-order valence-electron chi connectivity index (χ1n) is 38.9. The summed E-state index contributed by atoms with van der Waals surface area (Å²) in [7, 11) is -12.0. The number of carbonyl (C=O) groups excluding carboxylic acids is 6. The Hall–Kier alpha value is -9.14. The number of ether oxygens (including phenoxy) is 6. The second kappa shape index (κ2) is 39.8. The highest BCUT2D eigenvalue weighted by Crippen LogP contribution is 2.48. The molecule has 0 aromatic heterocycles. The Labute approximate surface area is 717 Å². The number of Topliss-reactive ketones (excluding diaryl/α,β-unsaturated/α-hetero) is 4. The molecule has 8 aliphatic rings. The van der Waals surface area contributed by atoms with Crippen LogP contribution in [0.1, 0.15) is 162 Å². The van der Waals surface area contributed by atoms with Crippen molar-refractivity contribution in [2.24, 2.45) is 23.7 Å². The molecule has 42 heteroatoms. The summed E-state index contributed by atoms with van der Waals surface area (Å²) in [5.74, 6) is 4.37. The number of hydrogen-bond acceptors (Lipinski definition) is 24. The van der Waals surface area contributed by atoms with Gasteiger partial charge in [-0.15, -0.1) is 44.8 Å². The first-order valence-corrected chi connectivity index (χ1v) is 43.1. The zero-order chi connectivity index (χ0) is 91.5. The minimum Gasteiger partial charge on any atom is -0.486 e. The number of hydrogen-bond donors (Lipinski definition) is 2. The van der Waals surface area contributed by atoms with Crippen molar-refractivity contribution >= 4 is 91.2 Å². The second-order valence-corrected chi connectivity index (χ2v) is 37.6. The lowest BCUT2D eigenvalue weighted by molar-refractivity contribution is -0.440. The molecule has 8 unspecified atom stereocenters. The summed E-state index contributed by atoms with van der Waals surface area (Å²) in [4.78, 5) is 83.0. The van der Waals surface area contributed by atoms with Crippen molar-refractivity contribution in [3.05, 3.63) is 180 Å². The molecule has 4 saturated heterocycles. The van der Waals surface area contributed by atoms with Gasteiger partial charge >= 0.3 is 56.0 Å². The molecule has 26 nitrogen and oxygen atoms in total. The molecule has 0 radical (unpaired) electrons. The monoisotopic (exact) mass is 1840 g/mol. The average Bonchev–Trinajstić information content (AvgIpc) is 0.760. The molecule has 8 aliphatic heterocycles. The topological polar surface area (TPSA) is 300 Å². The van der Waals surface area contributed by atoms with Crippen LogP contribution in [0.4, 0.5) is 73.6 Å². The lowest BCUT2D eigenvalue weighted by atomic mass is 9.76. The first kappa shape index (κ1) is 98.6. The number of para-hydroxylation sites is 6. The molecule has 4 spiro atoms. The molecule has 0 aliphatic carbocycles. The van der Waals surface area contributed by atoms with Gasteiger partial charge in [0.1, 0.15) is 56.6 Å². The molecule has 6 aromatic carbocycles. The van der Waals surface area contributed by atoms with E-state index in [1.54, 1.807) is 9.80 Å². The van der Waals surface area contributed by atoms with Crippen molar-refractivity contribution in [2.45, 2.75) is 178 Å². The molecular weight excluding hydrogens is 1750 g/mol. The van der Waals surface area contributed by atoms with Crippen molar-refractivity contribution in [1.82, 2.24) is 20.4 Å². The molecule has 2 amide bonds. The van der Waals surface area contributed by atoms with Gasteiger partial charge in [0.2, 0.25) is 0 Å². The van der Waals surface area contributed by atoms with E-state index in [4.69, 9.17) is 28.4 Å². The number of anilines is 2. The number of halogens is 12. The molecule has 0 saturated carbocycles. The standard InChI is InChI=1S/2C19H25NO4.2C14H17NO2.2C8H5F6NO4S2/c2*1-13-12-20(17(22)24-18(2,3)4)10-9-19(13)11-15(21)14-7-5-6-8-16(14)23-19;2*1-10-9-15-7-6-14(10)8-12(16)11-4-2-3-5-13(11)17-14;2*9-7(10,11)18-19-20-15(6-4-2-1-3-5-6)21(16,17)8(12,13)14/h2*5-8,13H,9-12H2,1-4H3;2*2-5,10,15H,6-9H2,1H3;2*1-5H. The normalized spacial score (nSPS) is 23.6. The quantitative estimate of drug-likeness (QED) is 0.0423. The molecule has 6 aromatic rings.